The summed E-state index contributed by atoms with van der Waals surface area (Å²) in [4.78, 5) is 23.0. The summed E-state index contributed by atoms with van der Waals surface area (Å²) in [6.07, 6.45) is 4.47. The molecular weight excluding hydrogens is 379 g/mol. The highest BCUT2D eigenvalue weighted by Crippen LogP contribution is 2.34. The molecule has 10 heteroatoms. The van der Waals surface area contributed by atoms with Crippen LogP contribution in [-0.4, -0.2) is 33.2 Å². The number of hydrogen-bond donors (Lipinski definition) is 2. The van der Waals surface area contributed by atoms with Crippen molar-refractivity contribution in [2.75, 3.05) is 24.0 Å². The molecule has 2 N–H and O–H groups in total. The Morgan fingerprint density at radius 2 is 1.89 bits per heavy atom. The van der Waals surface area contributed by atoms with Gasteiger partial charge in [0.25, 0.3) is 0 Å². The van der Waals surface area contributed by atoms with E-state index in [0.29, 0.717) is 12.2 Å². The lowest BCUT2D eigenvalue weighted by atomic mass is 10.3. The predicted octanol–water partition coefficient (Wildman–Crippen LogP) is 3.38. The number of nitrogens with zero attached hydrogens (tertiary/aromatic N) is 4. The van der Waals surface area contributed by atoms with Gasteiger partial charge in [-0.1, -0.05) is 6.07 Å². The lowest BCUT2D eigenvalue weighted by molar-refractivity contribution is -0.384. The highest BCUT2D eigenvalue weighted by molar-refractivity contribution is 7.70. The molecular formula is C18H19N6O3P. The number of rotatable bonds is 7. The van der Waals surface area contributed by atoms with Gasteiger partial charge in [-0.3, -0.25) is 15.1 Å². The Hall–Kier alpha value is -3.32. The van der Waals surface area contributed by atoms with Crippen molar-refractivity contribution in [3.05, 3.63) is 70.7 Å². The summed E-state index contributed by atoms with van der Waals surface area (Å²) in [7, 11) is -2.33. The van der Waals surface area contributed by atoms with Crippen molar-refractivity contribution in [3.8, 4) is 0 Å². The first-order valence-corrected chi connectivity index (χ1v) is 11.0. The number of nitrogens with one attached hydrogen (secondary N) is 2. The van der Waals surface area contributed by atoms with E-state index >= 15 is 0 Å². The van der Waals surface area contributed by atoms with Crippen LogP contribution >= 0.6 is 7.14 Å². The Bertz CT molecular complexity index is 1020. The van der Waals surface area contributed by atoms with Crippen LogP contribution in [0.1, 0.15) is 5.56 Å². The van der Waals surface area contributed by atoms with E-state index in [9.17, 15) is 14.7 Å². The third-order valence-corrected chi connectivity index (χ3v) is 5.44. The zero-order chi connectivity index (χ0) is 20.1. The van der Waals surface area contributed by atoms with Crippen LogP contribution in [0.2, 0.25) is 0 Å². The van der Waals surface area contributed by atoms with Gasteiger partial charge in [-0.05, 0) is 49.2 Å². The first-order chi connectivity index (χ1) is 13.3. The molecule has 2 heterocycles. The second-order valence-corrected chi connectivity index (χ2v) is 9.64. The zero-order valence-electron chi connectivity index (χ0n) is 15.4. The van der Waals surface area contributed by atoms with E-state index < -0.39 is 12.1 Å². The molecule has 9 nitrogen and oxygen atoms in total. The number of pyridine rings is 1. The summed E-state index contributed by atoms with van der Waals surface area (Å²) in [5, 5.41) is 18.0. The SMILES string of the molecule is CP(C)(=O)c1ccc(Nc2ncc([N+](=O)[O-])c(NCc3cccnc3)n2)cc1. The van der Waals surface area contributed by atoms with E-state index in [1.165, 1.54) is 0 Å². The Morgan fingerprint density at radius 1 is 1.14 bits per heavy atom. The topological polar surface area (TPSA) is 123 Å². The molecule has 0 bridgehead atoms. The van der Waals surface area contributed by atoms with Crippen molar-refractivity contribution < 1.29 is 9.49 Å². The summed E-state index contributed by atoms with van der Waals surface area (Å²) in [6.45, 7) is 3.74. The Balaban J connectivity index is 1.80. The molecule has 0 saturated carbocycles. The molecule has 144 valence electrons. The van der Waals surface area contributed by atoms with Crippen LogP contribution < -0.4 is 15.9 Å². The number of anilines is 3. The Labute approximate surface area is 161 Å². The van der Waals surface area contributed by atoms with Crippen LogP contribution in [0.15, 0.2) is 55.0 Å². The van der Waals surface area contributed by atoms with Crippen LogP contribution in [0.5, 0.6) is 0 Å². The van der Waals surface area contributed by atoms with Gasteiger partial charge in [-0.15, -0.1) is 0 Å². The molecule has 3 aromatic rings. The molecule has 0 radical (unpaired) electrons. The van der Waals surface area contributed by atoms with E-state index in [0.717, 1.165) is 17.1 Å². The molecule has 0 aliphatic heterocycles. The molecule has 0 unspecified atom stereocenters. The van der Waals surface area contributed by atoms with Gasteiger partial charge in [-0.25, -0.2) is 4.98 Å². The summed E-state index contributed by atoms with van der Waals surface area (Å²) in [6, 6.07) is 10.7. The first-order valence-electron chi connectivity index (χ1n) is 8.40. The van der Waals surface area contributed by atoms with E-state index in [1.807, 2.05) is 6.07 Å². The van der Waals surface area contributed by atoms with E-state index in [2.05, 4.69) is 25.6 Å². The number of hydrogen-bond acceptors (Lipinski definition) is 8. The molecule has 28 heavy (non-hydrogen) atoms. The van der Waals surface area contributed by atoms with Crippen molar-refractivity contribution in [3.63, 3.8) is 0 Å². The summed E-state index contributed by atoms with van der Waals surface area (Å²) < 4.78 is 12.1. The summed E-state index contributed by atoms with van der Waals surface area (Å²) in [5.74, 6) is 0.317. The van der Waals surface area contributed by atoms with Gasteiger partial charge in [0, 0.05) is 29.9 Å². The lowest BCUT2D eigenvalue weighted by Gasteiger charge is -2.10. The van der Waals surface area contributed by atoms with Crippen LogP contribution in [0.4, 0.5) is 23.1 Å². The normalized spacial score (nSPS) is 11.1. The fourth-order valence-electron chi connectivity index (χ4n) is 2.42. The number of aromatic nitrogens is 3. The minimum atomic E-state index is -2.33. The predicted molar refractivity (Wildman–Crippen MR) is 109 cm³/mol. The average molecular weight is 398 g/mol. The maximum atomic E-state index is 12.1. The third kappa shape index (κ3) is 4.89. The average Bonchev–Trinajstić information content (AvgIpc) is 2.67. The number of benzene rings is 1. The Kier molecular flexibility index (Phi) is 5.65. The molecule has 0 amide bonds. The van der Waals surface area contributed by atoms with Gasteiger partial charge in [-0.2, -0.15) is 4.98 Å². The quantitative estimate of drug-likeness (QED) is 0.353. The van der Waals surface area contributed by atoms with Gasteiger partial charge >= 0.3 is 5.69 Å². The molecule has 0 spiro atoms. The fraction of sp³-hybridized carbons (Fsp3) is 0.167. The highest BCUT2D eigenvalue weighted by Gasteiger charge is 2.17. The van der Waals surface area contributed by atoms with Crippen LogP contribution in [0.25, 0.3) is 0 Å². The van der Waals surface area contributed by atoms with Gasteiger partial charge in [0.15, 0.2) is 0 Å². The Morgan fingerprint density at radius 3 is 2.50 bits per heavy atom. The summed E-state index contributed by atoms with van der Waals surface area (Å²) in [5.41, 5.74) is 1.33. The minimum absolute atomic E-state index is 0.106. The van der Waals surface area contributed by atoms with Gasteiger partial charge < -0.3 is 15.2 Å². The van der Waals surface area contributed by atoms with Crippen LogP contribution in [-0.2, 0) is 11.1 Å². The molecule has 0 fully saturated rings. The highest BCUT2D eigenvalue weighted by atomic mass is 31.2. The maximum absolute atomic E-state index is 12.1. The molecule has 2 aromatic heterocycles. The fourth-order valence-corrected chi connectivity index (χ4v) is 3.29. The standard InChI is InChI=1S/C18H19N6O3P/c1-28(2,27)15-7-5-14(6-8-15)22-18-21-12-16(24(25)26)17(23-18)20-11-13-4-3-9-19-10-13/h3-10,12H,11H2,1-2H3,(H2,20,21,22,23). The van der Waals surface area contributed by atoms with E-state index in [4.69, 9.17) is 0 Å². The van der Waals surface area contributed by atoms with Crippen LogP contribution in [0, 0.1) is 10.1 Å². The molecule has 1 aromatic carbocycles. The first kappa shape index (κ1) is 19.4. The molecule has 3 rings (SSSR count). The summed E-state index contributed by atoms with van der Waals surface area (Å²) >= 11 is 0. The van der Waals surface area contributed by atoms with Gasteiger partial charge in [0.05, 0.1) is 4.92 Å². The van der Waals surface area contributed by atoms with E-state index in [1.54, 1.807) is 56.1 Å². The number of nitro groups is 1. The molecule has 0 atom stereocenters. The minimum Gasteiger partial charge on any atom is -0.360 e. The van der Waals surface area contributed by atoms with Crippen molar-refractivity contribution in [2.45, 2.75) is 6.54 Å². The van der Waals surface area contributed by atoms with Crippen molar-refractivity contribution in [2.24, 2.45) is 0 Å². The van der Waals surface area contributed by atoms with Crippen LogP contribution in [0.3, 0.4) is 0 Å². The lowest BCUT2D eigenvalue weighted by Crippen LogP contribution is -2.08. The molecule has 0 saturated heterocycles. The second kappa shape index (κ2) is 8.14. The van der Waals surface area contributed by atoms with Gasteiger partial charge in [0.2, 0.25) is 11.8 Å². The van der Waals surface area contributed by atoms with Crippen molar-refractivity contribution in [1.82, 2.24) is 15.0 Å². The van der Waals surface area contributed by atoms with E-state index in [-0.39, 0.29) is 17.5 Å². The smallest absolute Gasteiger partial charge is 0.329 e. The third-order valence-electron chi connectivity index (χ3n) is 3.89. The van der Waals surface area contributed by atoms with Gasteiger partial charge in [0.1, 0.15) is 13.3 Å². The monoisotopic (exact) mass is 398 g/mol. The van der Waals surface area contributed by atoms with Crippen molar-refractivity contribution in [1.29, 1.82) is 0 Å². The molecule has 0 aliphatic rings. The second-order valence-electron chi connectivity index (χ2n) is 6.42. The largest absolute Gasteiger partial charge is 0.360 e. The molecule has 0 aliphatic carbocycles. The zero-order valence-corrected chi connectivity index (χ0v) is 16.3. The van der Waals surface area contributed by atoms with Crippen molar-refractivity contribution >= 4 is 35.6 Å². The maximum Gasteiger partial charge on any atom is 0.329 e.